The minimum atomic E-state index is -0.257. The normalized spacial score (nSPS) is 13.3. The van der Waals surface area contributed by atoms with Gasteiger partial charge in [-0.15, -0.1) is 0 Å². The molecule has 0 aliphatic carbocycles. The van der Waals surface area contributed by atoms with Crippen LogP contribution in [0.4, 0.5) is 4.39 Å². The molecular formula is C11H14FN3. The summed E-state index contributed by atoms with van der Waals surface area (Å²) in [7, 11) is 1.93. The van der Waals surface area contributed by atoms with Gasteiger partial charge in [0.1, 0.15) is 11.6 Å². The fraction of sp³-hybridized carbons (Fsp3) is 0.364. The van der Waals surface area contributed by atoms with Crippen LogP contribution in [0.2, 0.25) is 0 Å². The van der Waals surface area contributed by atoms with Crippen LogP contribution < -0.4 is 5.73 Å². The van der Waals surface area contributed by atoms with E-state index in [1.54, 1.807) is 6.07 Å². The number of benzene rings is 1. The number of hydrogen-bond acceptors (Lipinski definition) is 2. The zero-order valence-electron chi connectivity index (χ0n) is 8.87. The van der Waals surface area contributed by atoms with Crippen LogP contribution in [0.3, 0.4) is 0 Å². The Morgan fingerprint density at radius 2 is 2.27 bits per heavy atom. The molecule has 0 aliphatic rings. The van der Waals surface area contributed by atoms with E-state index in [2.05, 4.69) is 4.98 Å². The minimum Gasteiger partial charge on any atom is -0.331 e. The number of rotatable bonds is 2. The maximum atomic E-state index is 13.0. The Morgan fingerprint density at radius 3 is 2.93 bits per heavy atom. The average molecular weight is 207 g/mol. The van der Waals surface area contributed by atoms with E-state index in [-0.39, 0.29) is 11.7 Å². The van der Waals surface area contributed by atoms with Gasteiger partial charge in [0.15, 0.2) is 0 Å². The van der Waals surface area contributed by atoms with Crippen LogP contribution in [0.25, 0.3) is 11.0 Å². The zero-order chi connectivity index (χ0) is 11.0. The molecule has 0 spiro atoms. The molecule has 0 fully saturated rings. The van der Waals surface area contributed by atoms with E-state index >= 15 is 0 Å². The van der Waals surface area contributed by atoms with Gasteiger partial charge in [-0.3, -0.25) is 0 Å². The average Bonchev–Trinajstić information content (AvgIpc) is 2.54. The number of nitrogens with zero attached hydrogens (tertiary/aromatic N) is 2. The third-order valence-electron chi connectivity index (χ3n) is 2.67. The second-order valence-electron chi connectivity index (χ2n) is 3.80. The predicted octanol–water partition coefficient (Wildman–Crippen LogP) is 1.77. The largest absolute Gasteiger partial charge is 0.331 e. The maximum absolute atomic E-state index is 13.0. The molecule has 80 valence electrons. The number of imidazole rings is 1. The lowest BCUT2D eigenvalue weighted by atomic mass is 10.2. The highest BCUT2D eigenvalue weighted by Crippen LogP contribution is 2.20. The van der Waals surface area contributed by atoms with E-state index < -0.39 is 0 Å². The Bertz CT molecular complexity index is 490. The third kappa shape index (κ3) is 1.61. The van der Waals surface area contributed by atoms with Crippen LogP contribution in [0, 0.1) is 5.82 Å². The van der Waals surface area contributed by atoms with Gasteiger partial charge in [0.25, 0.3) is 0 Å². The Morgan fingerprint density at radius 1 is 1.53 bits per heavy atom. The van der Waals surface area contributed by atoms with Crippen LogP contribution in [-0.4, -0.2) is 16.1 Å². The first kappa shape index (κ1) is 10.1. The van der Waals surface area contributed by atoms with Gasteiger partial charge in [0.05, 0.1) is 11.0 Å². The molecule has 0 amide bonds. The van der Waals surface area contributed by atoms with E-state index in [0.717, 1.165) is 11.3 Å². The van der Waals surface area contributed by atoms with Crippen molar-refractivity contribution < 1.29 is 4.39 Å². The quantitative estimate of drug-likeness (QED) is 0.815. The molecule has 1 atom stereocenters. The van der Waals surface area contributed by atoms with Crippen molar-refractivity contribution in [1.82, 2.24) is 9.55 Å². The number of aromatic nitrogens is 2. The van der Waals surface area contributed by atoms with Gasteiger partial charge in [-0.2, -0.15) is 0 Å². The Labute approximate surface area is 87.7 Å². The van der Waals surface area contributed by atoms with Gasteiger partial charge in [0.2, 0.25) is 0 Å². The molecule has 3 nitrogen and oxygen atoms in total. The van der Waals surface area contributed by atoms with Gasteiger partial charge in [-0.25, -0.2) is 9.37 Å². The zero-order valence-corrected chi connectivity index (χ0v) is 8.87. The van der Waals surface area contributed by atoms with Gasteiger partial charge < -0.3 is 10.3 Å². The van der Waals surface area contributed by atoms with Crippen molar-refractivity contribution in [2.75, 3.05) is 6.54 Å². The molecule has 1 aromatic heterocycles. The molecule has 2 aromatic rings. The number of halogens is 1. The van der Waals surface area contributed by atoms with Crippen molar-refractivity contribution in [1.29, 1.82) is 0 Å². The second-order valence-corrected chi connectivity index (χ2v) is 3.80. The topological polar surface area (TPSA) is 43.8 Å². The van der Waals surface area contributed by atoms with E-state index in [1.165, 1.54) is 12.1 Å². The lowest BCUT2D eigenvalue weighted by molar-refractivity contribution is 0.629. The van der Waals surface area contributed by atoms with Gasteiger partial charge >= 0.3 is 0 Å². The van der Waals surface area contributed by atoms with Crippen molar-refractivity contribution >= 4 is 11.0 Å². The van der Waals surface area contributed by atoms with Crippen molar-refractivity contribution in [2.45, 2.75) is 12.8 Å². The van der Waals surface area contributed by atoms with E-state index in [0.29, 0.717) is 12.1 Å². The van der Waals surface area contributed by atoms with Crippen molar-refractivity contribution in [3.8, 4) is 0 Å². The van der Waals surface area contributed by atoms with Crippen molar-refractivity contribution in [3.05, 3.63) is 29.8 Å². The maximum Gasteiger partial charge on any atom is 0.125 e. The van der Waals surface area contributed by atoms with Gasteiger partial charge in [-0.05, 0) is 12.1 Å². The Hall–Kier alpha value is -1.42. The summed E-state index contributed by atoms with van der Waals surface area (Å²) in [6.45, 7) is 2.55. The van der Waals surface area contributed by atoms with Crippen molar-refractivity contribution in [3.63, 3.8) is 0 Å². The molecule has 0 aliphatic heterocycles. The number of fused-ring (bicyclic) bond motifs is 1. The third-order valence-corrected chi connectivity index (χ3v) is 2.67. The van der Waals surface area contributed by atoms with Crippen LogP contribution >= 0.6 is 0 Å². The molecule has 15 heavy (non-hydrogen) atoms. The highest BCUT2D eigenvalue weighted by molar-refractivity contribution is 5.76. The summed E-state index contributed by atoms with van der Waals surface area (Å²) in [5.74, 6) is 0.830. The van der Waals surface area contributed by atoms with E-state index in [1.807, 2.05) is 18.5 Å². The number of hydrogen-bond donors (Lipinski definition) is 1. The first-order valence-electron chi connectivity index (χ1n) is 4.95. The summed E-state index contributed by atoms with van der Waals surface area (Å²) >= 11 is 0. The van der Waals surface area contributed by atoms with Gasteiger partial charge in [0, 0.05) is 25.6 Å². The fourth-order valence-electron chi connectivity index (χ4n) is 1.74. The minimum absolute atomic E-state index is 0.186. The molecule has 2 N–H and O–H groups in total. The molecule has 1 heterocycles. The lowest BCUT2D eigenvalue weighted by Crippen LogP contribution is -2.13. The molecule has 0 saturated heterocycles. The molecule has 1 aromatic carbocycles. The summed E-state index contributed by atoms with van der Waals surface area (Å²) in [6.07, 6.45) is 0. The molecular weight excluding hydrogens is 193 g/mol. The smallest absolute Gasteiger partial charge is 0.125 e. The Balaban J connectivity index is 2.63. The van der Waals surface area contributed by atoms with E-state index in [4.69, 9.17) is 5.73 Å². The van der Waals surface area contributed by atoms with Crippen LogP contribution in [-0.2, 0) is 7.05 Å². The monoisotopic (exact) mass is 207 g/mol. The first-order valence-corrected chi connectivity index (χ1v) is 4.95. The Kier molecular flexibility index (Phi) is 2.44. The molecule has 4 heteroatoms. The number of nitrogens with two attached hydrogens (primary N) is 1. The standard InChI is InChI=1S/C11H14FN3/c1-7(6-13)11-14-9-5-8(12)3-4-10(9)15(11)2/h3-5,7H,6,13H2,1-2H3. The predicted molar refractivity (Wildman–Crippen MR) is 58.1 cm³/mol. The lowest BCUT2D eigenvalue weighted by Gasteiger charge is -2.07. The summed E-state index contributed by atoms with van der Waals surface area (Å²) in [5, 5.41) is 0. The SMILES string of the molecule is CC(CN)c1nc2cc(F)ccc2n1C. The van der Waals surface area contributed by atoms with Crippen LogP contribution in [0.1, 0.15) is 18.7 Å². The fourth-order valence-corrected chi connectivity index (χ4v) is 1.74. The highest BCUT2D eigenvalue weighted by atomic mass is 19.1. The summed E-state index contributed by atoms with van der Waals surface area (Å²) in [5.41, 5.74) is 7.22. The van der Waals surface area contributed by atoms with Crippen LogP contribution in [0.15, 0.2) is 18.2 Å². The van der Waals surface area contributed by atoms with Crippen LogP contribution in [0.5, 0.6) is 0 Å². The molecule has 0 bridgehead atoms. The summed E-state index contributed by atoms with van der Waals surface area (Å²) in [6, 6.07) is 4.63. The molecule has 0 radical (unpaired) electrons. The summed E-state index contributed by atoms with van der Waals surface area (Å²) < 4.78 is 15.0. The first-order chi connectivity index (χ1) is 7.13. The van der Waals surface area contributed by atoms with E-state index in [9.17, 15) is 4.39 Å². The highest BCUT2D eigenvalue weighted by Gasteiger charge is 2.13. The molecule has 0 saturated carbocycles. The van der Waals surface area contributed by atoms with Gasteiger partial charge in [-0.1, -0.05) is 6.92 Å². The molecule has 2 rings (SSSR count). The summed E-state index contributed by atoms with van der Waals surface area (Å²) in [4.78, 5) is 4.39. The number of aryl methyl sites for hydroxylation is 1. The second kappa shape index (κ2) is 3.62. The van der Waals surface area contributed by atoms with Crippen molar-refractivity contribution in [2.24, 2.45) is 12.8 Å². The molecule has 1 unspecified atom stereocenters.